The van der Waals surface area contributed by atoms with E-state index in [-0.39, 0.29) is 18.1 Å². The fourth-order valence-corrected chi connectivity index (χ4v) is 2.72. The molecular formula is C21H19ClO5. The van der Waals surface area contributed by atoms with Crippen molar-refractivity contribution in [2.24, 2.45) is 0 Å². The maximum absolute atomic E-state index is 12.5. The van der Waals surface area contributed by atoms with Crippen molar-refractivity contribution >= 4 is 29.4 Å². The summed E-state index contributed by atoms with van der Waals surface area (Å²) in [6.45, 7) is 5.13. The van der Waals surface area contributed by atoms with Gasteiger partial charge in [0.05, 0.1) is 5.56 Å². The second-order valence-electron chi connectivity index (χ2n) is 7.03. The molecule has 2 aromatic rings. The van der Waals surface area contributed by atoms with E-state index in [0.29, 0.717) is 22.1 Å². The van der Waals surface area contributed by atoms with E-state index in [2.05, 4.69) is 0 Å². The number of Topliss-reactive ketones (excluding diaryl/α,β-unsaturated/α-hetero) is 1. The minimum Gasteiger partial charge on any atom is -0.482 e. The zero-order valence-electron chi connectivity index (χ0n) is 15.2. The molecule has 1 aliphatic rings. The van der Waals surface area contributed by atoms with E-state index < -0.39 is 11.6 Å². The number of fused-ring (bicyclic) bond motifs is 1. The van der Waals surface area contributed by atoms with Gasteiger partial charge in [-0.3, -0.25) is 4.79 Å². The SMILES string of the molecule is CC(C)(C)OC(=O)COc1ccc2c(c1)O/C(=C/c1cccc(Cl)c1)C2=O. The van der Waals surface area contributed by atoms with Gasteiger partial charge in [0, 0.05) is 11.1 Å². The molecule has 0 atom stereocenters. The van der Waals surface area contributed by atoms with Crippen molar-refractivity contribution in [3.63, 3.8) is 0 Å². The van der Waals surface area contributed by atoms with Gasteiger partial charge in [0.25, 0.3) is 0 Å². The molecule has 0 aliphatic carbocycles. The van der Waals surface area contributed by atoms with Crippen LogP contribution in [0.3, 0.4) is 0 Å². The van der Waals surface area contributed by atoms with Gasteiger partial charge < -0.3 is 14.2 Å². The Morgan fingerprint density at radius 2 is 1.96 bits per heavy atom. The van der Waals surface area contributed by atoms with E-state index in [1.165, 1.54) is 0 Å². The molecule has 3 rings (SSSR count). The van der Waals surface area contributed by atoms with Crippen molar-refractivity contribution < 1.29 is 23.8 Å². The van der Waals surface area contributed by atoms with Crippen molar-refractivity contribution in [1.82, 2.24) is 0 Å². The third-order valence-corrected chi connectivity index (χ3v) is 3.80. The summed E-state index contributed by atoms with van der Waals surface area (Å²) in [5.74, 6) is 0.313. The Bertz CT molecular complexity index is 924. The molecule has 0 bridgehead atoms. The van der Waals surface area contributed by atoms with Crippen LogP contribution in [0.15, 0.2) is 48.2 Å². The second-order valence-corrected chi connectivity index (χ2v) is 7.46. The number of carbonyl (C=O) groups is 2. The first-order valence-corrected chi connectivity index (χ1v) is 8.77. The van der Waals surface area contributed by atoms with Gasteiger partial charge in [0.1, 0.15) is 17.1 Å². The lowest BCUT2D eigenvalue weighted by molar-refractivity contribution is -0.157. The highest BCUT2D eigenvalue weighted by Crippen LogP contribution is 2.35. The Morgan fingerprint density at radius 1 is 1.19 bits per heavy atom. The van der Waals surface area contributed by atoms with Crippen LogP contribution in [0.4, 0.5) is 0 Å². The molecule has 1 aliphatic heterocycles. The van der Waals surface area contributed by atoms with E-state index in [0.717, 1.165) is 5.56 Å². The van der Waals surface area contributed by atoms with E-state index in [4.69, 9.17) is 25.8 Å². The third-order valence-electron chi connectivity index (χ3n) is 3.56. The first-order chi connectivity index (χ1) is 12.7. The Morgan fingerprint density at radius 3 is 2.67 bits per heavy atom. The number of ether oxygens (including phenoxy) is 3. The zero-order valence-corrected chi connectivity index (χ0v) is 16.0. The van der Waals surface area contributed by atoms with Gasteiger partial charge in [-0.25, -0.2) is 4.79 Å². The maximum Gasteiger partial charge on any atom is 0.344 e. The summed E-state index contributed by atoms with van der Waals surface area (Å²) in [4.78, 5) is 24.2. The molecule has 6 heteroatoms. The number of hydrogen-bond acceptors (Lipinski definition) is 5. The summed E-state index contributed by atoms with van der Waals surface area (Å²) in [5.41, 5.74) is 0.626. The largest absolute Gasteiger partial charge is 0.482 e. The van der Waals surface area contributed by atoms with Gasteiger partial charge in [-0.15, -0.1) is 0 Å². The fraction of sp³-hybridized carbons (Fsp3) is 0.238. The summed E-state index contributed by atoms with van der Waals surface area (Å²) in [6, 6.07) is 11.9. The van der Waals surface area contributed by atoms with Crippen LogP contribution < -0.4 is 9.47 Å². The van der Waals surface area contributed by atoms with Crippen LogP contribution in [0.2, 0.25) is 5.02 Å². The summed E-state index contributed by atoms with van der Waals surface area (Å²) in [5, 5.41) is 0.574. The predicted octanol–water partition coefficient (Wildman–Crippen LogP) is 4.68. The van der Waals surface area contributed by atoms with Crippen LogP contribution in [0.25, 0.3) is 6.08 Å². The molecule has 0 spiro atoms. The van der Waals surface area contributed by atoms with E-state index in [1.54, 1.807) is 63.2 Å². The number of halogens is 1. The molecule has 0 radical (unpaired) electrons. The summed E-state index contributed by atoms with van der Waals surface area (Å²) >= 11 is 5.97. The lowest BCUT2D eigenvalue weighted by Crippen LogP contribution is -2.27. The van der Waals surface area contributed by atoms with Crippen molar-refractivity contribution in [2.75, 3.05) is 6.61 Å². The minimum atomic E-state index is -0.575. The van der Waals surface area contributed by atoms with E-state index in [1.807, 2.05) is 6.07 Å². The van der Waals surface area contributed by atoms with E-state index in [9.17, 15) is 9.59 Å². The average Bonchev–Trinajstić information content (AvgIpc) is 2.87. The number of esters is 1. The highest BCUT2D eigenvalue weighted by Gasteiger charge is 2.28. The fourth-order valence-electron chi connectivity index (χ4n) is 2.52. The average molecular weight is 387 g/mol. The molecule has 0 amide bonds. The molecule has 0 fully saturated rings. The topological polar surface area (TPSA) is 61.8 Å². The molecule has 0 saturated carbocycles. The lowest BCUT2D eigenvalue weighted by Gasteiger charge is -2.19. The summed E-state index contributed by atoms with van der Waals surface area (Å²) in [6.07, 6.45) is 1.63. The number of benzene rings is 2. The smallest absolute Gasteiger partial charge is 0.344 e. The molecule has 27 heavy (non-hydrogen) atoms. The van der Waals surface area contributed by atoms with Gasteiger partial charge in [0.15, 0.2) is 12.4 Å². The molecule has 2 aromatic carbocycles. The van der Waals surface area contributed by atoms with Gasteiger partial charge in [0.2, 0.25) is 5.78 Å². The summed E-state index contributed by atoms with van der Waals surface area (Å²) in [7, 11) is 0. The standard InChI is InChI=1S/C21H19ClO5/c1-21(2,3)27-19(23)12-25-15-7-8-16-17(11-15)26-18(20(16)24)10-13-5-4-6-14(22)9-13/h4-11H,12H2,1-3H3/b18-10+. The molecular weight excluding hydrogens is 368 g/mol. The van der Waals surface area contributed by atoms with Gasteiger partial charge in [-0.05, 0) is 56.7 Å². The molecule has 5 nitrogen and oxygen atoms in total. The van der Waals surface area contributed by atoms with Crippen LogP contribution in [-0.2, 0) is 9.53 Å². The first-order valence-electron chi connectivity index (χ1n) is 8.40. The van der Waals surface area contributed by atoms with Gasteiger partial charge in [-0.1, -0.05) is 23.7 Å². The van der Waals surface area contributed by atoms with Crippen molar-refractivity contribution in [1.29, 1.82) is 0 Å². The lowest BCUT2D eigenvalue weighted by atomic mass is 10.1. The van der Waals surface area contributed by atoms with Gasteiger partial charge in [-0.2, -0.15) is 0 Å². The molecule has 1 heterocycles. The van der Waals surface area contributed by atoms with Crippen molar-refractivity contribution in [3.05, 3.63) is 64.4 Å². The Labute approximate surface area is 162 Å². The highest BCUT2D eigenvalue weighted by molar-refractivity contribution is 6.30. The monoisotopic (exact) mass is 386 g/mol. The van der Waals surface area contributed by atoms with Crippen LogP contribution >= 0.6 is 11.6 Å². The molecule has 140 valence electrons. The number of rotatable bonds is 4. The summed E-state index contributed by atoms with van der Waals surface area (Å²) < 4.78 is 16.3. The Balaban J connectivity index is 1.71. The first kappa shape index (κ1) is 19.0. The molecule has 0 N–H and O–H groups in total. The second kappa shape index (κ2) is 7.45. The predicted molar refractivity (Wildman–Crippen MR) is 102 cm³/mol. The zero-order chi connectivity index (χ0) is 19.6. The highest BCUT2D eigenvalue weighted by atomic mass is 35.5. The number of ketones is 1. The van der Waals surface area contributed by atoms with Crippen LogP contribution in [0.5, 0.6) is 11.5 Å². The third kappa shape index (κ3) is 4.89. The van der Waals surface area contributed by atoms with Crippen LogP contribution in [0, 0.1) is 0 Å². The number of carbonyl (C=O) groups excluding carboxylic acids is 2. The maximum atomic E-state index is 12.5. The van der Waals surface area contributed by atoms with Crippen molar-refractivity contribution in [3.8, 4) is 11.5 Å². The van der Waals surface area contributed by atoms with Crippen LogP contribution in [-0.4, -0.2) is 24.0 Å². The Kier molecular flexibility index (Phi) is 5.24. The Hall–Kier alpha value is -2.79. The normalized spacial score (nSPS) is 14.7. The molecule has 0 aromatic heterocycles. The van der Waals surface area contributed by atoms with Gasteiger partial charge >= 0.3 is 5.97 Å². The van der Waals surface area contributed by atoms with Crippen molar-refractivity contribution in [2.45, 2.75) is 26.4 Å². The number of allylic oxidation sites excluding steroid dienone is 1. The quantitative estimate of drug-likeness (QED) is 0.564. The number of hydrogen-bond donors (Lipinski definition) is 0. The van der Waals surface area contributed by atoms with Crippen LogP contribution in [0.1, 0.15) is 36.7 Å². The minimum absolute atomic E-state index is 0.205. The molecule has 0 saturated heterocycles. The molecule has 0 unspecified atom stereocenters. The van der Waals surface area contributed by atoms with E-state index >= 15 is 0 Å².